The summed E-state index contributed by atoms with van der Waals surface area (Å²) in [5.41, 5.74) is 1.73. The molecule has 0 radical (unpaired) electrons. The van der Waals surface area contributed by atoms with E-state index >= 15 is 0 Å². The van der Waals surface area contributed by atoms with Gasteiger partial charge in [0.25, 0.3) is 0 Å². The Bertz CT molecular complexity index is 799. The van der Waals surface area contributed by atoms with Gasteiger partial charge in [0.1, 0.15) is 0 Å². The third-order valence-electron chi connectivity index (χ3n) is 4.75. The van der Waals surface area contributed by atoms with Gasteiger partial charge in [0.15, 0.2) is 15.8 Å². The van der Waals surface area contributed by atoms with Crippen molar-refractivity contribution in [3.05, 3.63) is 29.3 Å². The number of hydrogen-bond donors (Lipinski definition) is 2. The fraction of sp³-hybridized carbons (Fsp3) is 0.667. The van der Waals surface area contributed by atoms with Gasteiger partial charge in [-0.1, -0.05) is 26.0 Å². The molecule has 1 aromatic carbocycles. The molecule has 1 aromatic rings. The Balaban J connectivity index is 0.00000450. The van der Waals surface area contributed by atoms with Crippen LogP contribution in [-0.4, -0.2) is 71.0 Å². The molecule has 1 unspecified atom stereocenters. The molecule has 0 amide bonds. The molecule has 9 heteroatoms. The van der Waals surface area contributed by atoms with Crippen LogP contribution in [0.1, 0.15) is 31.9 Å². The maximum Gasteiger partial charge on any atom is 0.191 e. The average Bonchev–Trinajstić information content (AvgIpc) is 2.63. The zero-order valence-electron chi connectivity index (χ0n) is 18.8. The Morgan fingerprint density at radius 1 is 1.33 bits per heavy atom. The van der Waals surface area contributed by atoms with Crippen molar-refractivity contribution in [3.63, 3.8) is 0 Å². The van der Waals surface area contributed by atoms with E-state index in [1.54, 1.807) is 6.07 Å². The lowest BCUT2D eigenvalue weighted by Crippen LogP contribution is -2.50. The fourth-order valence-electron chi connectivity index (χ4n) is 3.53. The van der Waals surface area contributed by atoms with Crippen LogP contribution in [0, 0.1) is 12.8 Å². The Hall–Kier alpha value is -0.910. The van der Waals surface area contributed by atoms with Crippen molar-refractivity contribution in [2.45, 2.75) is 45.2 Å². The summed E-state index contributed by atoms with van der Waals surface area (Å²) in [4.78, 5) is 7.47. The van der Waals surface area contributed by atoms with Crippen molar-refractivity contribution in [2.24, 2.45) is 10.9 Å². The van der Waals surface area contributed by atoms with E-state index in [0.717, 1.165) is 49.9 Å². The molecule has 7 nitrogen and oxygen atoms in total. The second kappa shape index (κ2) is 12.8. The lowest BCUT2D eigenvalue weighted by Gasteiger charge is -2.34. The molecule has 1 atom stereocenters. The van der Waals surface area contributed by atoms with Crippen LogP contribution < -0.4 is 10.6 Å². The lowest BCUT2D eigenvalue weighted by atomic mass is 10.1. The van der Waals surface area contributed by atoms with E-state index in [-0.39, 0.29) is 30.1 Å². The second-order valence-corrected chi connectivity index (χ2v) is 10.1. The van der Waals surface area contributed by atoms with Crippen LogP contribution in [0.2, 0.25) is 0 Å². The van der Waals surface area contributed by atoms with Crippen molar-refractivity contribution in [2.75, 3.05) is 45.6 Å². The number of sulfone groups is 1. The van der Waals surface area contributed by atoms with Gasteiger partial charge >= 0.3 is 0 Å². The number of aliphatic imine (C=N–C) groups is 1. The van der Waals surface area contributed by atoms with Crippen molar-refractivity contribution in [3.8, 4) is 0 Å². The number of ether oxygens (including phenoxy) is 1. The summed E-state index contributed by atoms with van der Waals surface area (Å²) in [5, 5.41) is 6.64. The minimum absolute atomic E-state index is 0. The van der Waals surface area contributed by atoms with Crippen LogP contribution in [0.3, 0.4) is 0 Å². The van der Waals surface area contributed by atoms with Gasteiger partial charge in [-0.15, -0.1) is 24.0 Å². The normalized spacial score (nSPS) is 18.2. The molecule has 0 saturated carbocycles. The zero-order valence-corrected chi connectivity index (χ0v) is 21.9. The van der Waals surface area contributed by atoms with E-state index in [9.17, 15) is 8.42 Å². The summed E-state index contributed by atoms with van der Waals surface area (Å²) in [7, 11) is -3.20. The summed E-state index contributed by atoms with van der Waals surface area (Å²) in [6, 6.07) is 5.37. The molecule has 0 aliphatic carbocycles. The van der Waals surface area contributed by atoms with Gasteiger partial charge < -0.3 is 15.4 Å². The predicted molar refractivity (Wildman–Crippen MR) is 134 cm³/mol. The molecule has 1 heterocycles. The van der Waals surface area contributed by atoms with Gasteiger partial charge in [-0.3, -0.25) is 4.90 Å². The highest BCUT2D eigenvalue weighted by molar-refractivity contribution is 14.0. The summed E-state index contributed by atoms with van der Waals surface area (Å²) < 4.78 is 29.4. The Labute approximate surface area is 199 Å². The molecule has 2 N–H and O–H groups in total. The standard InChI is InChI=1S/C21H36N4O3S.HI/c1-6-22-21(24-13-19-15-25(9-10-28-19)14-16(2)3)23-12-18-7-8-20(17(4)11-18)29(5,26)27;/h7-8,11,16,19H,6,9-10,12-15H2,1-5H3,(H2,22,23,24);1H. The first-order valence-electron chi connectivity index (χ1n) is 10.3. The highest BCUT2D eigenvalue weighted by atomic mass is 127. The van der Waals surface area contributed by atoms with Crippen LogP contribution in [0.15, 0.2) is 28.1 Å². The summed E-state index contributed by atoms with van der Waals surface area (Å²) in [6.07, 6.45) is 1.37. The van der Waals surface area contributed by atoms with Crippen LogP contribution >= 0.6 is 24.0 Å². The molecule has 0 aromatic heterocycles. The van der Waals surface area contributed by atoms with Gasteiger partial charge in [0.05, 0.1) is 24.2 Å². The monoisotopic (exact) mass is 552 g/mol. The fourth-order valence-corrected chi connectivity index (χ4v) is 4.49. The molecule has 0 bridgehead atoms. The predicted octanol–water partition coefficient (Wildman–Crippen LogP) is 2.43. The quantitative estimate of drug-likeness (QED) is 0.293. The number of morpholine rings is 1. The summed E-state index contributed by atoms with van der Waals surface area (Å²) in [5.74, 6) is 1.39. The number of halogens is 1. The van der Waals surface area contributed by atoms with Crippen molar-refractivity contribution < 1.29 is 13.2 Å². The maximum absolute atomic E-state index is 11.8. The molecule has 172 valence electrons. The summed E-state index contributed by atoms with van der Waals surface area (Å²) >= 11 is 0. The molecule has 1 aliphatic rings. The van der Waals surface area contributed by atoms with Crippen LogP contribution in [-0.2, 0) is 21.1 Å². The minimum atomic E-state index is -3.20. The van der Waals surface area contributed by atoms with Crippen molar-refractivity contribution in [1.29, 1.82) is 0 Å². The largest absolute Gasteiger partial charge is 0.374 e. The topological polar surface area (TPSA) is 83.0 Å². The average molecular weight is 553 g/mol. The van der Waals surface area contributed by atoms with E-state index in [1.807, 2.05) is 26.0 Å². The molecule has 1 saturated heterocycles. The first-order chi connectivity index (χ1) is 13.7. The Morgan fingerprint density at radius 2 is 2.07 bits per heavy atom. The van der Waals surface area contributed by atoms with Gasteiger partial charge in [-0.2, -0.15) is 0 Å². The van der Waals surface area contributed by atoms with E-state index in [2.05, 4.69) is 34.4 Å². The van der Waals surface area contributed by atoms with E-state index < -0.39 is 9.84 Å². The van der Waals surface area contributed by atoms with Crippen molar-refractivity contribution in [1.82, 2.24) is 15.5 Å². The number of nitrogens with one attached hydrogen (secondary N) is 2. The number of nitrogens with zero attached hydrogens (tertiary/aromatic N) is 2. The molecule has 30 heavy (non-hydrogen) atoms. The molecule has 1 aliphatic heterocycles. The first kappa shape index (κ1) is 27.1. The Morgan fingerprint density at radius 3 is 2.67 bits per heavy atom. The Kier molecular flexibility index (Phi) is 11.6. The molecule has 1 fully saturated rings. The highest BCUT2D eigenvalue weighted by Crippen LogP contribution is 2.17. The van der Waals surface area contributed by atoms with Gasteiger partial charge in [-0.25, -0.2) is 13.4 Å². The number of aryl methyl sites for hydroxylation is 1. The second-order valence-electron chi connectivity index (χ2n) is 8.09. The maximum atomic E-state index is 11.8. The lowest BCUT2D eigenvalue weighted by molar-refractivity contribution is -0.0284. The molecular formula is C21H37IN4O3S. The zero-order chi connectivity index (χ0) is 21.4. The molecular weight excluding hydrogens is 515 g/mol. The van der Waals surface area contributed by atoms with E-state index in [0.29, 0.717) is 23.9 Å². The summed E-state index contributed by atoms with van der Waals surface area (Å²) in [6.45, 7) is 14.0. The number of benzene rings is 1. The highest BCUT2D eigenvalue weighted by Gasteiger charge is 2.21. The third kappa shape index (κ3) is 9.07. The van der Waals surface area contributed by atoms with Crippen LogP contribution in [0.25, 0.3) is 0 Å². The smallest absolute Gasteiger partial charge is 0.191 e. The number of guanidine groups is 1. The SMILES string of the molecule is CCNC(=NCc1ccc(S(C)(=O)=O)c(C)c1)NCC1CN(CC(C)C)CCO1.I. The van der Waals surface area contributed by atoms with Crippen LogP contribution in [0.5, 0.6) is 0 Å². The first-order valence-corrected chi connectivity index (χ1v) is 12.2. The van der Waals surface area contributed by atoms with E-state index in [4.69, 9.17) is 4.74 Å². The number of hydrogen-bond acceptors (Lipinski definition) is 5. The minimum Gasteiger partial charge on any atom is -0.374 e. The van der Waals surface area contributed by atoms with Crippen molar-refractivity contribution >= 4 is 39.8 Å². The molecule has 2 rings (SSSR count). The van der Waals surface area contributed by atoms with Gasteiger partial charge in [0.2, 0.25) is 0 Å². The molecule has 0 spiro atoms. The van der Waals surface area contributed by atoms with Gasteiger partial charge in [-0.05, 0) is 37.0 Å². The van der Waals surface area contributed by atoms with E-state index in [1.165, 1.54) is 6.26 Å². The third-order valence-corrected chi connectivity index (χ3v) is 6.00. The van der Waals surface area contributed by atoms with Gasteiger partial charge in [0, 0.05) is 39.0 Å². The van der Waals surface area contributed by atoms with Crippen LogP contribution in [0.4, 0.5) is 0 Å². The number of rotatable bonds is 8.